The molecule has 8 nitrogen and oxygen atoms in total. The Morgan fingerprint density at radius 1 is 1.11 bits per heavy atom. The van der Waals surface area contributed by atoms with E-state index in [2.05, 4.69) is 31.4 Å². The maximum Gasteiger partial charge on any atom is 0.271 e. The third-order valence-electron chi connectivity index (χ3n) is 5.75. The lowest BCUT2D eigenvalue weighted by atomic mass is 9.96. The van der Waals surface area contributed by atoms with Crippen LogP contribution in [0.15, 0.2) is 18.7 Å². The number of hydrogen-bond acceptors (Lipinski definition) is 5. The molecule has 0 unspecified atom stereocenters. The van der Waals surface area contributed by atoms with Crippen LogP contribution in [0.25, 0.3) is 0 Å². The topological polar surface area (TPSA) is 82.9 Å². The molecule has 2 aliphatic rings. The van der Waals surface area contributed by atoms with E-state index >= 15 is 0 Å². The van der Waals surface area contributed by atoms with E-state index in [4.69, 9.17) is 0 Å². The third kappa shape index (κ3) is 4.74. The van der Waals surface area contributed by atoms with Crippen LogP contribution in [0.4, 0.5) is 0 Å². The molecule has 27 heavy (non-hydrogen) atoms. The number of rotatable bonds is 5. The minimum atomic E-state index is 0.0476. The van der Waals surface area contributed by atoms with Crippen LogP contribution in [0, 0.1) is 5.92 Å². The predicted octanol–water partition coefficient (Wildman–Crippen LogP) is 1.93. The van der Waals surface area contributed by atoms with Gasteiger partial charge in [0.2, 0.25) is 0 Å². The molecule has 0 aliphatic carbocycles. The Bertz CT molecular complexity index is 710. The molecule has 0 atom stereocenters. The van der Waals surface area contributed by atoms with Gasteiger partial charge in [0.15, 0.2) is 0 Å². The molecular formula is C19H29N7O. The summed E-state index contributed by atoms with van der Waals surface area (Å²) < 4.78 is 1.99. The van der Waals surface area contributed by atoms with E-state index < -0.39 is 0 Å². The lowest BCUT2D eigenvalue weighted by molar-refractivity contribution is 0.0675. The lowest BCUT2D eigenvalue weighted by Gasteiger charge is -2.31. The monoisotopic (exact) mass is 371 g/mol. The number of aromatic amines is 1. The molecule has 0 spiro atoms. The second-order valence-corrected chi connectivity index (χ2v) is 7.82. The average Bonchev–Trinajstić information content (AvgIpc) is 3.30. The van der Waals surface area contributed by atoms with Gasteiger partial charge < -0.3 is 9.88 Å². The number of likely N-dealkylation sites (tertiary alicyclic amines) is 2. The summed E-state index contributed by atoms with van der Waals surface area (Å²) in [6.07, 6.45) is 12.5. The van der Waals surface area contributed by atoms with Crippen molar-refractivity contribution in [2.75, 3.05) is 26.2 Å². The number of amides is 1. The first-order valence-corrected chi connectivity index (χ1v) is 10.2. The SMILES string of the molecule is O=C(c1cnc[nH]1)N1CCC(Cn2cc(CN3CCCCCC3)nn2)CC1. The van der Waals surface area contributed by atoms with Crippen molar-refractivity contribution in [1.29, 1.82) is 0 Å². The number of nitrogens with one attached hydrogen (secondary N) is 1. The Morgan fingerprint density at radius 2 is 1.89 bits per heavy atom. The van der Waals surface area contributed by atoms with Crippen molar-refractivity contribution in [2.24, 2.45) is 5.92 Å². The molecule has 146 valence electrons. The number of hydrogen-bond donors (Lipinski definition) is 1. The van der Waals surface area contributed by atoms with Crippen molar-refractivity contribution in [3.05, 3.63) is 30.1 Å². The predicted molar refractivity (Wildman–Crippen MR) is 101 cm³/mol. The number of aromatic nitrogens is 5. The molecule has 0 bridgehead atoms. The van der Waals surface area contributed by atoms with Crippen molar-refractivity contribution < 1.29 is 4.79 Å². The summed E-state index contributed by atoms with van der Waals surface area (Å²) in [7, 11) is 0. The van der Waals surface area contributed by atoms with Gasteiger partial charge in [-0.1, -0.05) is 18.1 Å². The fourth-order valence-electron chi connectivity index (χ4n) is 4.15. The van der Waals surface area contributed by atoms with Gasteiger partial charge >= 0.3 is 0 Å². The van der Waals surface area contributed by atoms with E-state index in [1.54, 1.807) is 12.5 Å². The fraction of sp³-hybridized carbons (Fsp3) is 0.684. The molecule has 2 aromatic rings. The Balaban J connectivity index is 1.24. The van der Waals surface area contributed by atoms with E-state index in [9.17, 15) is 4.79 Å². The maximum absolute atomic E-state index is 12.4. The van der Waals surface area contributed by atoms with Gasteiger partial charge in [-0.05, 0) is 44.7 Å². The van der Waals surface area contributed by atoms with Crippen LogP contribution in [0.5, 0.6) is 0 Å². The molecule has 2 fully saturated rings. The van der Waals surface area contributed by atoms with Gasteiger partial charge in [-0.2, -0.15) is 0 Å². The molecule has 1 amide bonds. The van der Waals surface area contributed by atoms with Crippen LogP contribution >= 0.6 is 0 Å². The van der Waals surface area contributed by atoms with Crippen molar-refractivity contribution in [1.82, 2.24) is 34.8 Å². The Kier molecular flexibility index (Phi) is 5.81. The van der Waals surface area contributed by atoms with Crippen LogP contribution < -0.4 is 0 Å². The number of nitrogens with zero attached hydrogens (tertiary/aromatic N) is 6. The second kappa shape index (κ2) is 8.65. The molecule has 4 rings (SSSR count). The highest BCUT2D eigenvalue weighted by atomic mass is 16.2. The summed E-state index contributed by atoms with van der Waals surface area (Å²) in [5.41, 5.74) is 1.65. The molecule has 0 saturated carbocycles. The third-order valence-corrected chi connectivity index (χ3v) is 5.75. The minimum absolute atomic E-state index is 0.0476. The number of H-pyrrole nitrogens is 1. The molecule has 4 heterocycles. The van der Waals surface area contributed by atoms with Gasteiger partial charge in [-0.15, -0.1) is 5.10 Å². The quantitative estimate of drug-likeness (QED) is 0.868. The van der Waals surface area contributed by atoms with Crippen LogP contribution in [-0.4, -0.2) is 66.8 Å². The van der Waals surface area contributed by atoms with Gasteiger partial charge in [-0.3, -0.25) is 14.4 Å². The summed E-state index contributed by atoms with van der Waals surface area (Å²) >= 11 is 0. The van der Waals surface area contributed by atoms with Crippen molar-refractivity contribution in [2.45, 2.75) is 51.6 Å². The molecule has 2 aromatic heterocycles. The molecule has 2 saturated heterocycles. The van der Waals surface area contributed by atoms with Crippen molar-refractivity contribution in [3.8, 4) is 0 Å². The standard InChI is InChI=1S/C19H29N7O/c27-19(18-11-20-15-21-18)25-9-5-16(6-10-25)12-26-14-17(22-23-26)13-24-7-3-1-2-4-8-24/h11,14-16H,1-10,12-13H2,(H,20,21). The second-order valence-electron chi connectivity index (χ2n) is 7.82. The average molecular weight is 371 g/mol. The molecular weight excluding hydrogens is 342 g/mol. The minimum Gasteiger partial charge on any atom is -0.341 e. The summed E-state index contributed by atoms with van der Waals surface area (Å²) in [5, 5.41) is 8.72. The number of carbonyl (C=O) groups is 1. The van der Waals surface area contributed by atoms with Crippen LogP contribution in [-0.2, 0) is 13.1 Å². The molecule has 8 heteroatoms. The van der Waals surface area contributed by atoms with Crippen molar-refractivity contribution >= 4 is 5.91 Å². The Morgan fingerprint density at radius 3 is 2.59 bits per heavy atom. The first kappa shape index (κ1) is 18.2. The Hall–Kier alpha value is -2.22. The van der Waals surface area contributed by atoms with Gasteiger partial charge in [0.25, 0.3) is 5.91 Å². The van der Waals surface area contributed by atoms with Gasteiger partial charge in [0, 0.05) is 32.4 Å². The number of carbonyl (C=O) groups excluding carboxylic acids is 1. The molecule has 0 radical (unpaired) electrons. The summed E-state index contributed by atoms with van der Waals surface area (Å²) in [4.78, 5) is 23.6. The largest absolute Gasteiger partial charge is 0.341 e. The lowest BCUT2D eigenvalue weighted by Crippen LogP contribution is -2.39. The number of imidazole rings is 1. The first-order valence-electron chi connectivity index (χ1n) is 10.2. The smallest absolute Gasteiger partial charge is 0.271 e. The maximum atomic E-state index is 12.4. The van der Waals surface area contributed by atoms with Crippen LogP contribution in [0.3, 0.4) is 0 Å². The van der Waals surface area contributed by atoms with E-state index in [0.29, 0.717) is 11.6 Å². The van der Waals surface area contributed by atoms with E-state index in [1.807, 2.05) is 9.58 Å². The molecule has 2 aliphatic heterocycles. The van der Waals surface area contributed by atoms with Crippen molar-refractivity contribution in [3.63, 3.8) is 0 Å². The number of piperidine rings is 1. The van der Waals surface area contributed by atoms with E-state index in [1.165, 1.54) is 38.8 Å². The highest BCUT2D eigenvalue weighted by molar-refractivity contribution is 5.92. The summed E-state index contributed by atoms with van der Waals surface area (Å²) in [6.45, 7) is 5.73. The molecule has 0 aromatic carbocycles. The normalized spacial score (nSPS) is 19.9. The highest BCUT2D eigenvalue weighted by Crippen LogP contribution is 2.20. The van der Waals surface area contributed by atoms with Crippen LogP contribution in [0.1, 0.15) is 54.7 Å². The summed E-state index contributed by atoms with van der Waals surface area (Å²) in [6, 6.07) is 0. The zero-order valence-corrected chi connectivity index (χ0v) is 15.9. The summed E-state index contributed by atoms with van der Waals surface area (Å²) in [5.74, 6) is 0.593. The van der Waals surface area contributed by atoms with Gasteiger partial charge in [0.1, 0.15) is 5.69 Å². The van der Waals surface area contributed by atoms with Crippen LogP contribution in [0.2, 0.25) is 0 Å². The Labute approximate surface area is 159 Å². The van der Waals surface area contributed by atoms with Gasteiger partial charge in [0.05, 0.1) is 18.2 Å². The zero-order chi connectivity index (χ0) is 18.5. The van der Waals surface area contributed by atoms with E-state index in [0.717, 1.165) is 44.7 Å². The first-order chi connectivity index (χ1) is 13.3. The zero-order valence-electron chi connectivity index (χ0n) is 15.9. The molecule has 1 N–H and O–H groups in total. The fourth-order valence-corrected chi connectivity index (χ4v) is 4.15. The highest BCUT2D eigenvalue weighted by Gasteiger charge is 2.25. The van der Waals surface area contributed by atoms with Gasteiger partial charge in [-0.25, -0.2) is 4.98 Å². The van der Waals surface area contributed by atoms with E-state index in [-0.39, 0.29) is 5.91 Å².